The van der Waals surface area contributed by atoms with E-state index in [1.807, 2.05) is 0 Å². The first kappa shape index (κ1) is 16.9. The highest BCUT2D eigenvalue weighted by Gasteiger charge is 2.37. The predicted octanol–water partition coefficient (Wildman–Crippen LogP) is 3.58. The summed E-state index contributed by atoms with van der Waals surface area (Å²) in [5, 5.41) is 9.56. The van der Waals surface area contributed by atoms with Crippen LogP contribution in [0.4, 0.5) is 4.39 Å². The van der Waals surface area contributed by atoms with Gasteiger partial charge < -0.3 is 5.11 Å². The molecule has 0 bridgehead atoms. The highest BCUT2D eigenvalue weighted by atomic mass is 19.1. The zero-order valence-electron chi connectivity index (χ0n) is 14.4. The van der Waals surface area contributed by atoms with E-state index in [0.29, 0.717) is 6.54 Å². The van der Waals surface area contributed by atoms with Crippen molar-refractivity contribution in [1.82, 2.24) is 9.80 Å². The third kappa shape index (κ3) is 3.45. The quantitative estimate of drug-likeness (QED) is 0.929. The van der Waals surface area contributed by atoms with E-state index < -0.39 is 0 Å². The normalized spacial score (nSPS) is 18.0. The van der Waals surface area contributed by atoms with Crippen LogP contribution < -0.4 is 0 Å². The number of phenolic OH excluding ortho intramolecular Hbond substituents is 1. The van der Waals surface area contributed by atoms with Crippen LogP contribution in [0.15, 0.2) is 48.5 Å². The number of phenols is 1. The average molecular weight is 328 g/mol. The molecule has 1 saturated heterocycles. The van der Waals surface area contributed by atoms with Gasteiger partial charge in [-0.2, -0.15) is 0 Å². The average Bonchev–Trinajstić information content (AvgIpc) is 2.55. The zero-order valence-corrected chi connectivity index (χ0v) is 14.4. The Morgan fingerprint density at radius 2 is 1.75 bits per heavy atom. The molecule has 1 aliphatic heterocycles. The fourth-order valence-electron chi connectivity index (χ4n) is 3.81. The summed E-state index contributed by atoms with van der Waals surface area (Å²) in [7, 11) is 4.29. The van der Waals surface area contributed by atoms with E-state index in [9.17, 15) is 9.50 Å². The number of aromatic hydroxyl groups is 1. The third-order valence-electron chi connectivity index (χ3n) is 5.20. The maximum atomic E-state index is 13.4. The maximum Gasteiger partial charge on any atom is 0.127 e. The highest BCUT2D eigenvalue weighted by Crippen LogP contribution is 2.37. The van der Waals surface area contributed by atoms with E-state index in [4.69, 9.17) is 0 Å². The summed E-state index contributed by atoms with van der Waals surface area (Å²) >= 11 is 0. The Labute approximate surface area is 143 Å². The summed E-state index contributed by atoms with van der Waals surface area (Å²) in [5.41, 5.74) is 2.24. The fraction of sp³-hybridized carbons (Fsp3) is 0.400. The van der Waals surface area contributed by atoms with Crippen LogP contribution in [-0.4, -0.2) is 42.1 Å². The Kier molecular flexibility index (Phi) is 4.88. The van der Waals surface area contributed by atoms with E-state index >= 15 is 0 Å². The first-order valence-electron chi connectivity index (χ1n) is 8.43. The highest BCUT2D eigenvalue weighted by molar-refractivity contribution is 5.29. The zero-order chi connectivity index (χ0) is 17.2. The minimum atomic E-state index is -0.381. The van der Waals surface area contributed by atoms with Crippen molar-refractivity contribution in [3.05, 3.63) is 65.5 Å². The molecule has 2 aromatic carbocycles. The van der Waals surface area contributed by atoms with Gasteiger partial charge in [0.25, 0.3) is 0 Å². The van der Waals surface area contributed by atoms with Crippen molar-refractivity contribution in [1.29, 1.82) is 0 Å². The molecule has 3 rings (SSSR count). The molecule has 0 amide bonds. The van der Waals surface area contributed by atoms with Crippen molar-refractivity contribution in [2.45, 2.75) is 24.9 Å². The van der Waals surface area contributed by atoms with Crippen molar-refractivity contribution in [3.8, 4) is 5.75 Å². The van der Waals surface area contributed by atoms with Gasteiger partial charge in [-0.15, -0.1) is 0 Å². The van der Waals surface area contributed by atoms with Gasteiger partial charge in [-0.25, -0.2) is 4.39 Å². The molecule has 0 unspecified atom stereocenters. The van der Waals surface area contributed by atoms with Gasteiger partial charge in [0.15, 0.2) is 0 Å². The van der Waals surface area contributed by atoms with Crippen LogP contribution in [0.5, 0.6) is 5.75 Å². The summed E-state index contributed by atoms with van der Waals surface area (Å²) in [4.78, 5) is 4.66. The molecule has 0 radical (unpaired) electrons. The number of halogens is 1. The van der Waals surface area contributed by atoms with Gasteiger partial charge in [0.1, 0.15) is 11.6 Å². The Morgan fingerprint density at radius 3 is 2.33 bits per heavy atom. The van der Waals surface area contributed by atoms with Crippen LogP contribution >= 0.6 is 0 Å². The SMILES string of the molecule is CN(C)C1(c2ccccc2)CCN(Cc2cc(O)cc(F)c2)CC1. The van der Waals surface area contributed by atoms with E-state index in [0.717, 1.165) is 37.6 Å². The predicted molar refractivity (Wildman–Crippen MR) is 94.4 cm³/mol. The van der Waals surface area contributed by atoms with Gasteiger partial charge >= 0.3 is 0 Å². The van der Waals surface area contributed by atoms with Crippen LogP contribution in [0.25, 0.3) is 0 Å². The molecule has 4 heteroatoms. The topological polar surface area (TPSA) is 26.7 Å². The second kappa shape index (κ2) is 6.91. The van der Waals surface area contributed by atoms with Crippen LogP contribution in [0, 0.1) is 5.82 Å². The van der Waals surface area contributed by atoms with Gasteiger partial charge in [0.05, 0.1) is 0 Å². The van der Waals surface area contributed by atoms with Crippen molar-refractivity contribution >= 4 is 0 Å². The van der Waals surface area contributed by atoms with Crippen LogP contribution in [0.1, 0.15) is 24.0 Å². The third-order valence-corrected chi connectivity index (χ3v) is 5.20. The Bertz CT molecular complexity index is 659. The minimum absolute atomic E-state index is 0.00562. The molecule has 1 fully saturated rings. The number of rotatable bonds is 4. The summed E-state index contributed by atoms with van der Waals surface area (Å²) in [5.74, 6) is -0.386. The molecular weight excluding hydrogens is 303 g/mol. The van der Waals surface area contributed by atoms with Crippen molar-refractivity contribution in [3.63, 3.8) is 0 Å². The molecule has 24 heavy (non-hydrogen) atoms. The van der Waals surface area contributed by atoms with Gasteiger partial charge in [-0.05, 0) is 50.2 Å². The summed E-state index contributed by atoms with van der Waals surface area (Å²) in [6, 6.07) is 15.0. The summed E-state index contributed by atoms with van der Waals surface area (Å²) in [6.07, 6.45) is 2.07. The lowest BCUT2D eigenvalue weighted by molar-refractivity contribution is 0.0507. The number of nitrogens with zero attached hydrogens (tertiary/aromatic N) is 2. The molecule has 0 spiro atoms. The smallest absolute Gasteiger partial charge is 0.127 e. The molecule has 0 saturated carbocycles. The van der Waals surface area contributed by atoms with Gasteiger partial charge in [-0.1, -0.05) is 30.3 Å². The van der Waals surface area contributed by atoms with Crippen LogP contribution in [-0.2, 0) is 12.1 Å². The number of benzene rings is 2. The van der Waals surface area contributed by atoms with Gasteiger partial charge in [-0.3, -0.25) is 9.80 Å². The monoisotopic (exact) mass is 328 g/mol. The number of hydrogen-bond donors (Lipinski definition) is 1. The largest absolute Gasteiger partial charge is 0.508 e. The van der Waals surface area contributed by atoms with Gasteiger partial charge in [0, 0.05) is 31.2 Å². The molecule has 128 valence electrons. The van der Waals surface area contributed by atoms with E-state index in [1.165, 1.54) is 11.6 Å². The van der Waals surface area contributed by atoms with E-state index in [-0.39, 0.29) is 17.1 Å². The van der Waals surface area contributed by atoms with E-state index in [2.05, 4.69) is 54.2 Å². The standard InChI is InChI=1S/C20H25FN2O/c1-22(2)20(17-6-4-3-5-7-17)8-10-23(11-9-20)15-16-12-18(21)14-19(24)13-16/h3-7,12-14,24H,8-11,15H2,1-2H3. The lowest BCUT2D eigenvalue weighted by Crippen LogP contribution is -2.50. The minimum Gasteiger partial charge on any atom is -0.508 e. The first-order chi connectivity index (χ1) is 11.5. The Hall–Kier alpha value is -1.91. The molecule has 2 aromatic rings. The van der Waals surface area contributed by atoms with Crippen LogP contribution in [0.3, 0.4) is 0 Å². The lowest BCUT2D eigenvalue weighted by atomic mass is 9.79. The Morgan fingerprint density at radius 1 is 1.08 bits per heavy atom. The molecule has 3 nitrogen and oxygen atoms in total. The lowest BCUT2D eigenvalue weighted by Gasteiger charge is -2.46. The van der Waals surface area contributed by atoms with E-state index in [1.54, 1.807) is 6.07 Å². The number of piperidine rings is 1. The molecule has 0 aromatic heterocycles. The molecule has 0 aliphatic carbocycles. The Balaban J connectivity index is 1.72. The maximum absolute atomic E-state index is 13.4. The number of likely N-dealkylation sites (tertiary alicyclic amines) is 1. The molecule has 1 aliphatic rings. The van der Waals surface area contributed by atoms with Gasteiger partial charge in [0.2, 0.25) is 0 Å². The summed E-state index contributed by atoms with van der Waals surface area (Å²) in [6.45, 7) is 2.57. The van der Waals surface area contributed by atoms with Crippen molar-refractivity contribution in [2.24, 2.45) is 0 Å². The first-order valence-corrected chi connectivity index (χ1v) is 8.43. The molecular formula is C20H25FN2O. The molecule has 0 atom stereocenters. The number of hydrogen-bond acceptors (Lipinski definition) is 3. The molecule has 1 N–H and O–H groups in total. The summed E-state index contributed by atoms with van der Waals surface area (Å²) < 4.78 is 13.4. The van der Waals surface area contributed by atoms with Crippen LogP contribution in [0.2, 0.25) is 0 Å². The second-order valence-electron chi connectivity index (χ2n) is 6.89. The van der Waals surface area contributed by atoms with Crippen molar-refractivity contribution < 1.29 is 9.50 Å². The second-order valence-corrected chi connectivity index (χ2v) is 6.89. The van der Waals surface area contributed by atoms with Crippen molar-refractivity contribution in [2.75, 3.05) is 27.2 Å². The molecule has 1 heterocycles. The fourth-order valence-corrected chi connectivity index (χ4v) is 3.81.